The van der Waals surface area contributed by atoms with E-state index in [1.54, 1.807) is 32.4 Å². The summed E-state index contributed by atoms with van der Waals surface area (Å²) in [7, 11) is 4.44. The zero-order valence-electron chi connectivity index (χ0n) is 23.6. The first-order valence-electron chi connectivity index (χ1n) is 12.7. The number of likely N-dealkylation sites (N-methyl/N-ethyl adjacent to an activating group) is 1. The highest BCUT2D eigenvalue weighted by atomic mass is 16.5. The number of allylic oxidation sites excluding steroid dienone is 2. The van der Waals surface area contributed by atoms with Crippen LogP contribution in [0.3, 0.4) is 0 Å². The van der Waals surface area contributed by atoms with Crippen LogP contribution in [0.5, 0.6) is 0 Å². The molecule has 0 unspecified atom stereocenters. The number of methoxy groups -OCH3 is 1. The van der Waals surface area contributed by atoms with E-state index in [4.69, 9.17) is 0 Å². The topological polar surface area (TPSA) is 151 Å². The first-order chi connectivity index (χ1) is 19.0. The Morgan fingerprint density at radius 2 is 1.98 bits per heavy atom. The molecule has 40 heavy (non-hydrogen) atoms. The maximum Gasteiger partial charge on any atom is 0.407 e. The van der Waals surface area contributed by atoms with E-state index in [9.17, 15) is 19.2 Å². The fourth-order valence-corrected chi connectivity index (χ4v) is 3.87. The van der Waals surface area contributed by atoms with Crippen molar-refractivity contribution in [1.29, 1.82) is 0 Å². The molecule has 0 aliphatic rings. The molecule has 3 heterocycles. The Bertz CT molecular complexity index is 1510. The smallest absolute Gasteiger partial charge is 0.407 e. The van der Waals surface area contributed by atoms with Gasteiger partial charge in [-0.1, -0.05) is 11.6 Å². The maximum absolute atomic E-state index is 13.2. The SMILES string of the molecule is COC(=O)N[C@@H](CC/C=C/C(=O)N(C)C)C(=O)Nc1cccn(Cc2nc3c(C=C(C)C)nc(C)cc3[nH]2)c1=O. The number of rotatable bonds is 10. The number of nitrogens with zero attached hydrogens (tertiary/aromatic N) is 4. The molecular weight excluding hydrogens is 514 g/mol. The Morgan fingerprint density at radius 1 is 1.23 bits per heavy atom. The minimum Gasteiger partial charge on any atom is -0.453 e. The van der Waals surface area contributed by atoms with Gasteiger partial charge in [0, 0.05) is 26.0 Å². The van der Waals surface area contributed by atoms with Crippen LogP contribution in [0.15, 0.2) is 46.9 Å². The third-order valence-electron chi connectivity index (χ3n) is 5.81. The first kappa shape index (κ1) is 29.8. The Balaban J connectivity index is 1.79. The third-order valence-corrected chi connectivity index (χ3v) is 5.81. The summed E-state index contributed by atoms with van der Waals surface area (Å²) < 4.78 is 6.06. The molecule has 0 aliphatic heterocycles. The predicted molar refractivity (Wildman–Crippen MR) is 153 cm³/mol. The van der Waals surface area contributed by atoms with Crippen molar-refractivity contribution in [2.45, 2.75) is 46.2 Å². The second-order valence-electron chi connectivity index (χ2n) is 9.70. The lowest BCUT2D eigenvalue weighted by Gasteiger charge is -2.17. The molecule has 3 aromatic heterocycles. The lowest BCUT2D eigenvalue weighted by atomic mass is 10.1. The molecule has 0 aliphatic carbocycles. The zero-order valence-corrected chi connectivity index (χ0v) is 23.6. The number of hydrogen-bond donors (Lipinski definition) is 3. The number of hydrogen-bond acceptors (Lipinski definition) is 7. The van der Waals surface area contributed by atoms with E-state index in [2.05, 4.69) is 30.3 Å². The number of H-pyrrole nitrogens is 1. The van der Waals surface area contributed by atoms with Crippen molar-refractivity contribution in [2.24, 2.45) is 0 Å². The average Bonchev–Trinajstić information content (AvgIpc) is 3.29. The van der Waals surface area contributed by atoms with Crippen molar-refractivity contribution >= 4 is 40.7 Å². The molecule has 0 fully saturated rings. The second-order valence-corrected chi connectivity index (χ2v) is 9.70. The van der Waals surface area contributed by atoms with Crippen LogP contribution in [0, 0.1) is 6.92 Å². The van der Waals surface area contributed by atoms with Gasteiger partial charge < -0.3 is 29.8 Å². The number of amides is 3. The van der Waals surface area contributed by atoms with Gasteiger partial charge >= 0.3 is 6.09 Å². The van der Waals surface area contributed by atoms with E-state index in [1.807, 2.05) is 32.9 Å². The van der Waals surface area contributed by atoms with Crippen molar-refractivity contribution in [3.05, 3.63) is 69.7 Å². The number of anilines is 1. The van der Waals surface area contributed by atoms with Crippen molar-refractivity contribution in [3.8, 4) is 0 Å². The molecule has 0 aromatic carbocycles. The Kier molecular flexibility index (Phi) is 9.96. The summed E-state index contributed by atoms with van der Waals surface area (Å²) in [6, 6.07) is 4.02. The first-order valence-corrected chi connectivity index (χ1v) is 12.7. The Labute approximate surface area is 232 Å². The molecule has 3 amide bonds. The number of carbonyl (C=O) groups excluding carboxylic acids is 3. The summed E-state index contributed by atoms with van der Waals surface area (Å²) in [5, 5.41) is 5.08. The molecule has 3 N–H and O–H groups in total. The van der Waals surface area contributed by atoms with Gasteiger partial charge in [0.05, 0.1) is 24.9 Å². The number of nitrogens with one attached hydrogen (secondary N) is 3. The molecular formula is C28H35N7O5. The van der Waals surface area contributed by atoms with Crippen molar-refractivity contribution in [3.63, 3.8) is 0 Å². The monoisotopic (exact) mass is 549 g/mol. The average molecular weight is 550 g/mol. The molecule has 12 nitrogen and oxygen atoms in total. The van der Waals surface area contributed by atoms with Crippen LogP contribution in [-0.2, 0) is 20.9 Å². The van der Waals surface area contributed by atoms with E-state index < -0.39 is 23.6 Å². The molecule has 0 spiro atoms. The van der Waals surface area contributed by atoms with Gasteiger partial charge in [-0.15, -0.1) is 0 Å². The van der Waals surface area contributed by atoms with Gasteiger partial charge in [-0.3, -0.25) is 19.4 Å². The molecule has 12 heteroatoms. The number of imidazole rings is 1. The molecule has 0 bridgehead atoms. The van der Waals surface area contributed by atoms with Crippen molar-refractivity contribution in [2.75, 3.05) is 26.5 Å². The van der Waals surface area contributed by atoms with E-state index in [-0.39, 0.29) is 24.6 Å². The second kappa shape index (κ2) is 13.4. The van der Waals surface area contributed by atoms with Crippen molar-refractivity contribution in [1.82, 2.24) is 29.7 Å². The zero-order chi connectivity index (χ0) is 29.4. The van der Waals surface area contributed by atoms with Gasteiger partial charge in [0.25, 0.3) is 5.56 Å². The number of fused-ring (bicyclic) bond motifs is 1. The number of aromatic nitrogens is 4. The van der Waals surface area contributed by atoms with E-state index >= 15 is 0 Å². The third kappa shape index (κ3) is 7.88. The molecule has 0 saturated heterocycles. The Hall–Kier alpha value is -4.74. The number of aryl methyl sites for hydroxylation is 1. The van der Waals surface area contributed by atoms with E-state index in [0.717, 1.165) is 22.5 Å². The Morgan fingerprint density at radius 3 is 2.65 bits per heavy atom. The molecule has 212 valence electrons. The van der Waals surface area contributed by atoms with Gasteiger partial charge in [0.2, 0.25) is 11.8 Å². The van der Waals surface area contributed by atoms with Crippen LogP contribution in [-0.4, -0.2) is 69.6 Å². The largest absolute Gasteiger partial charge is 0.453 e. The summed E-state index contributed by atoms with van der Waals surface area (Å²) >= 11 is 0. The lowest BCUT2D eigenvalue weighted by molar-refractivity contribution is -0.123. The summed E-state index contributed by atoms with van der Waals surface area (Å²) in [6.45, 7) is 6.01. The molecule has 3 rings (SSSR count). The molecule has 0 saturated carbocycles. The summed E-state index contributed by atoms with van der Waals surface area (Å²) in [4.78, 5) is 63.7. The van der Waals surface area contributed by atoms with Crippen LogP contribution >= 0.6 is 0 Å². The highest BCUT2D eigenvalue weighted by molar-refractivity contribution is 5.96. The number of aromatic amines is 1. The van der Waals surface area contributed by atoms with Crippen LogP contribution < -0.4 is 16.2 Å². The number of alkyl carbamates (subject to hydrolysis) is 1. The van der Waals surface area contributed by atoms with Gasteiger partial charge in [-0.05, 0) is 64.0 Å². The number of carbonyl (C=O) groups is 3. The highest BCUT2D eigenvalue weighted by Gasteiger charge is 2.22. The fourth-order valence-electron chi connectivity index (χ4n) is 3.87. The predicted octanol–water partition coefficient (Wildman–Crippen LogP) is 2.99. The molecule has 0 radical (unpaired) electrons. The lowest BCUT2D eigenvalue weighted by Crippen LogP contribution is -2.44. The number of ether oxygens (including phenoxy) is 1. The standard InChI is InChI=1S/C28H35N7O5/c1-17(2)14-21-25-22(15-18(3)29-21)30-23(33-25)16-35-13-9-11-20(27(35)38)31-26(37)19(32-28(39)40-6)10-7-8-12-24(36)34(4)5/h8-9,11-15,19H,7,10,16H2,1-6H3,(H,30,33)(H,31,37)(H,32,39)/b12-8+/t19-/m0/s1. The summed E-state index contributed by atoms with van der Waals surface area (Å²) in [6.07, 6.45) is 6.28. The molecule has 3 aromatic rings. The van der Waals surface area contributed by atoms with Crippen LogP contribution in [0.2, 0.25) is 0 Å². The van der Waals surface area contributed by atoms with E-state index in [0.29, 0.717) is 17.8 Å². The normalized spacial score (nSPS) is 11.8. The van der Waals surface area contributed by atoms with Gasteiger partial charge in [0.1, 0.15) is 23.1 Å². The van der Waals surface area contributed by atoms with Crippen LogP contribution in [0.4, 0.5) is 10.5 Å². The quantitative estimate of drug-likeness (QED) is 0.329. The number of pyridine rings is 2. The maximum atomic E-state index is 13.2. The van der Waals surface area contributed by atoms with E-state index in [1.165, 1.54) is 28.7 Å². The van der Waals surface area contributed by atoms with Crippen molar-refractivity contribution < 1.29 is 19.1 Å². The van der Waals surface area contributed by atoms with Gasteiger partial charge in [0.15, 0.2) is 0 Å². The van der Waals surface area contributed by atoms with Crippen LogP contribution in [0.1, 0.15) is 43.9 Å². The fraction of sp³-hybridized carbons (Fsp3) is 0.357. The molecule has 1 atom stereocenters. The summed E-state index contributed by atoms with van der Waals surface area (Å²) in [5.74, 6) is -0.235. The summed E-state index contributed by atoms with van der Waals surface area (Å²) in [5.41, 5.74) is 3.79. The minimum absolute atomic E-state index is 0.0429. The van der Waals surface area contributed by atoms with Gasteiger partial charge in [-0.2, -0.15) is 0 Å². The highest BCUT2D eigenvalue weighted by Crippen LogP contribution is 2.19. The van der Waals surface area contributed by atoms with Crippen LogP contribution in [0.25, 0.3) is 17.1 Å². The minimum atomic E-state index is -1.00. The van der Waals surface area contributed by atoms with Gasteiger partial charge in [-0.25, -0.2) is 9.78 Å².